The van der Waals surface area contributed by atoms with Crippen molar-refractivity contribution in [2.45, 2.75) is 18.9 Å². The fraction of sp³-hybridized carbons (Fsp3) is 0.353. The van der Waals surface area contributed by atoms with Gasteiger partial charge in [0.2, 0.25) is 0 Å². The first kappa shape index (κ1) is 16.0. The minimum absolute atomic E-state index is 0.115. The Morgan fingerprint density at radius 1 is 1.25 bits per heavy atom. The summed E-state index contributed by atoms with van der Waals surface area (Å²) in [5, 5.41) is 6.14. The molecule has 0 saturated carbocycles. The standard InChI is InChI=1S/C17H19N3O4/c1-23-11-5-7-15(24-2)12(10-11)14-4-3-9-20(14)17(22)13-6-8-16(21)19-18-13/h5-8,10,14H,3-4,9H2,1-2H3,(H,19,21). The van der Waals surface area contributed by atoms with E-state index in [1.807, 2.05) is 18.2 Å². The number of carbonyl (C=O) groups excluding carboxylic acids is 1. The number of methoxy groups -OCH3 is 2. The summed E-state index contributed by atoms with van der Waals surface area (Å²) in [6, 6.07) is 8.20. The molecule has 0 aliphatic carbocycles. The predicted molar refractivity (Wildman–Crippen MR) is 87.4 cm³/mol. The summed E-state index contributed by atoms with van der Waals surface area (Å²) < 4.78 is 10.7. The molecular formula is C17H19N3O4. The van der Waals surface area contributed by atoms with Gasteiger partial charge in [0.25, 0.3) is 11.5 Å². The van der Waals surface area contributed by atoms with Crippen LogP contribution in [-0.4, -0.2) is 41.8 Å². The Hall–Kier alpha value is -2.83. The summed E-state index contributed by atoms with van der Waals surface area (Å²) in [5.41, 5.74) is 0.800. The SMILES string of the molecule is COc1ccc(OC)c(C2CCCN2C(=O)c2ccc(=O)[nH]n2)c1. The van der Waals surface area contributed by atoms with Crippen LogP contribution in [0.25, 0.3) is 0 Å². The Kier molecular flexibility index (Phi) is 4.50. The zero-order valence-corrected chi connectivity index (χ0v) is 13.6. The van der Waals surface area contributed by atoms with E-state index in [9.17, 15) is 9.59 Å². The minimum atomic E-state index is -0.334. The van der Waals surface area contributed by atoms with Crippen LogP contribution in [0.2, 0.25) is 0 Å². The number of aromatic nitrogens is 2. The van der Waals surface area contributed by atoms with Crippen molar-refractivity contribution < 1.29 is 14.3 Å². The molecule has 1 aromatic carbocycles. The van der Waals surface area contributed by atoms with Gasteiger partial charge in [0.15, 0.2) is 0 Å². The van der Waals surface area contributed by atoms with Gasteiger partial charge in [-0.15, -0.1) is 0 Å². The number of H-pyrrole nitrogens is 1. The number of likely N-dealkylation sites (tertiary alicyclic amines) is 1. The van der Waals surface area contributed by atoms with Gasteiger partial charge in [0.1, 0.15) is 17.2 Å². The molecule has 1 aromatic heterocycles. The van der Waals surface area contributed by atoms with Crippen molar-refractivity contribution in [3.63, 3.8) is 0 Å². The highest BCUT2D eigenvalue weighted by molar-refractivity contribution is 5.92. The minimum Gasteiger partial charge on any atom is -0.497 e. The largest absolute Gasteiger partial charge is 0.497 e. The number of nitrogens with one attached hydrogen (secondary N) is 1. The van der Waals surface area contributed by atoms with E-state index in [0.29, 0.717) is 12.3 Å². The summed E-state index contributed by atoms with van der Waals surface area (Å²) in [5.74, 6) is 1.22. The van der Waals surface area contributed by atoms with Crippen molar-refractivity contribution in [3.05, 3.63) is 51.9 Å². The number of aromatic amines is 1. The van der Waals surface area contributed by atoms with Crippen LogP contribution in [0.15, 0.2) is 35.1 Å². The van der Waals surface area contributed by atoms with Gasteiger partial charge in [-0.1, -0.05) is 0 Å². The number of amides is 1. The van der Waals surface area contributed by atoms with Gasteiger partial charge in [-0.3, -0.25) is 9.59 Å². The maximum Gasteiger partial charge on any atom is 0.274 e. The number of carbonyl (C=O) groups is 1. The highest BCUT2D eigenvalue weighted by Crippen LogP contribution is 2.39. The van der Waals surface area contributed by atoms with Crippen molar-refractivity contribution in [2.75, 3.05) is 20.8 Å². The second-order valence-electron chi connectivity index (χ2n) is 5.57. The normalized spacial score (nSPS) is 16.9. The number of nitrogens with zero attached hydrogens (tertiary/aromatic N) is 2. The summed E-state index contributed by atoms with van der Waals surface area (Å²) >= 11 is 0. The molecular weight excluding hydrogens is 310 g/mol. The first-order valence-electron chi connectivity index (χ1n) is 7.72. The van der Waals surface area contributed by atoms with Gasteiger partial charge in [-0.25, -0.2) is 5.10 Å². The fourth-order valence-electron chi connectivity index (χ4n) is 3.04. The third kappa shape index (κ3) is 2.97. The molecule has 1 aliphatic rings. The van der Waals surface area contributed by atoms with Crippen LogP contribution in [0.5, 0.6) is 11.5 Å². The highest BCUT2D eigenvalue weighted by atomic mass is 16.5. The van der Waals surface area contributed by atoms with Crippen molar-refractivity contribution in [1.29, 1.82) is 0 Å². The fourth-order valence-corrected chi connectivity index (χ4v) is 3.04. The van der Waals surface area contributed by atoms with E-state index in [1.54, 1.807) is 19.1 Å². The average Bonchev–Trinajstić information content (AvgIpc) is 3.10. The summed E-state index contributed by atoms with van der Waals surface area (Å²) in [6.07, 6.45) is 1.72. The second-order valence-corrected chi connectivity index (χ2v) is 5.57. The quantitative estimate of drug-likeness (QED) is 0.924. The molecule has 2 heterocycles. The molecule has 7 heteroatoms. The first-order valence-corrected chi connectivity index (χ1v) is 7.72. The lowest BCUT2D eigenvalue weighted by molar-refractivity contribution is 0.0726. The van der Waals surface area contributed by atoms with E-state index in [0.717, 1.165) is 24.2 Å². The summed E-state index contributed by atoms with van der Waals surface area (Å²) in [6.45, 7) is 0.630. The third-order valence-corrected chi connectivity index (χ3v) is 4.21. The van der Waals surface area contributed by atoms with Crippen LogP contribution >= 0.6 is 0 Å². The van der Waals surface area contributed by atoms with E-state index < -0.39 is 0 Å². The predicted octanol–water partition coefficient (Wildman–Crippen LogP) is 1.76. The number of ether oxygens (including phenoxy) is 2. The lowest BCUT2D eigenvalue weighted by Gasteiger charge is -2.26. The average molecular weight is 329 g/mol. The van der Waals surface area contributed by atoms with Gasteiger partial charge in [0, 0.05) is 18.2 Å². The molecule has 1 unspecified atom stereocenters. The number of hydrogen-bond donors (Lipinski definition) is 1. The van der Waals surface area contributed by atoms with E-state index in [4.69, 9.17) is 9.47 Å². The third-order valence-electron chi connectivity index (χ3n) is 4.21. The van der Waals surface area contributed by atoms with Crippen molar-refractivity contribution in [3.8, 4) is 11.5 Å². The smallest absolute Gasteiger partial charge is 0.274 e. The van der Waals surface area contributed by atoms with Crippen LogP contribution in [0.4, 0.5) is 0 Å². The molecule has 1 amide bonds. The van der Waals surface area contributed by atoms with Crippen LogP contribution in [0.3, 0.4) is 0 Å². The Morgan fingerprint density at radius 2 is 2.08 bits per heavy atom. The van der Waals surface area contributed by atoms with Gasteiger partial charge in [-0.05, 0) is 37.1 Å². The highest BCUT2D eigenvalue weighted by Gasteiger charge is 2.33. The lowest BCUT2D eigenvalue weighted by atomic mass is 10.0. The molecule has 1 fully saturated rings. The van der Waals surface area contributed by atoms with Gasteiger partial charge >= 0.3 is 0 Å². The Labute approximate surface area is 139 Å². The Morgan fingerprint density at radius 3 is 2.75 bits per heavy atom. The zero-order chi connectivity index (χ0) is 17.1. The molecule has 2 aromatic rings. The van der Waals surface area contributed by atoms with Gasteiger partial charge < -0.3 is 14.4 Å². The number of benzene rings is 1. The van der Waals surface area contributed by atoms with Crippen LogP contribution in [0, 0.1) is 0 Å². The van der Waals surface area contributed by atoms with Crippen LogP contribution in [0.1, 0.15) is 34.9 Å². The van der Waals surface area contributed by atoms with Crippen LogP contribution < -0.4 is 15.0 Å². The molecule has 1 atom stereocenters. The molecule has 126 valence electrons. The second kappa shape index (κ2) is 6.74. The maximum absolute atomic E-state index is 12.8. The number of rotatable bonds is 4. The molecule has 1 aliphatic heterocycles. The topological polar surface area (TPSA) is 84.5 Å². The molecule has 0 spiro atoms. The van der Waals surface area contributed by atoms with E-state index in [2.05, 4.69) is 10.2 Å². The lowest BCUT2D eigenvalue weighted by Crippen LogP contribution is -2.32. The van der Waals surface area contributed by atoms with Crippen molar-refractivity contribution in [2.24, 2.45) is 0 Å². The first-order chi connectivity index (χ1) is 11.6. The molecule has 1 N–H and O–H groups in total. The van der Waals surface area contributed by atoms with Crippen molar-refractivity contribution in [1.82, 2.24) is 15.1 Å². The molecule has 1 saturated heterocycles. The Balaban J connectivity index is 1.94. The maximum atomic E-state index is 12.8. The molecule has 0 radical (unpaired) electrons. The molecule has 3 rings (SSSR count). The van der Waals surface area contributed by atoms with Gasteiger partial charge in [-0.2, -0.15) is 5.10 Å². The van der Waals surface area contributed by atoms with E-state index in [1.165, 1.54) is 12.1 Å². The van der Waals surface area contributed by atoms with Crippen molar-refractivity contribution >= 4 is 5.91 Å². The van der Waals surface area contributed by atoms with E-state index >= 15 is 0 Å². The molecule has 0 bridgehead atoms. The van der Waals surface area contributed by atoms with Gasteiger partial charge in [0.05, 0.1) is 20.3 Å². The monoisotopic (exact) mass is 329 g/mol. The Bertz CT molecular complexity index is 782. The molecule has 24 heavy (non-hydrogen) atoms. The number of hydrogen-bond acceptors (Lipinski definition) is 5. The summed E-state index contributed by atoms with van der Waals surface area (Å²) in [7, 11) is 3.21. The zero-order valence-electron chi connectivity index (χ0n) is 13.6. The molecule has 7 nitrogen and oxygen atoms in total. The summed E-state index contributed by atoms with van der Waals surface area (Å²) in [4.78, 5) is 25.7. The van der Waals surface area contributed by atoms with Crippen LogP contribution in [-0.2, 0) is 0 Å². The van der Waals surface area contributed by atoms with E-state index in [-0.39, 0.29) is 23.2 Å².